The molecule has 5 heteroatoms. The maximum absolute atomic E-state index is 8.69. The van der Waals surface area contributed by atoms with Crippen LogP contribution in [-0.4, -0.2) is 22.6 Å². The first kappa shape index (κ1) is 11.6. The molecule has 2 rings (SSSR count). The van der Waals surface area contributed by atoms with Gasteiger partial charge in [-0.2, -0.15) is 5.26 Å². The fourth-order valence-corrected chi connectivity index (χ4v) is 1.85. The van der Waals surface area contributed by atoms with Gasteiger partial charge in [0.25, 0.3) is 0 Å². The lowest BCUT2D eigenvalue weighted by molar-refractivity contribution is 0.767. The van der Waals surface area contributed by atoms with Gasteiger partial charge in [0.15, 0.2) is 0 Å². The Hall–Kier alpha value is -1.83. The minimum Gasteiger partial charge on any atom is -0.384 e. The van der Waals surface area contributed by atoms with Crippen LogP contribution < -0.4 is 10.6 Å². The minimum absolute atomic E-state index is 0.509. The van der Waals surface area contributed by atoms with Gasteiger partial charge >= 0.3 is 0 Å². The Labute approximate surface area is 101 Å². The number of nitrogen functional groups attached to an aromatic ring is 1. The predicted molar refractivity (Wildman–Crippen MR) is 66.4 cm³/mol. The summed E-state index contributed by atoms with van der Waals surface area (Å²) >= 11 is 0. The van der Waals surface area contributed by atoms with Gasteiger partial charge in [-0.05, 0) is 12.8 Å². The zero-order chi connectivity index (χ0) is 12.3. The molecule has 2 N–H and O–H groups in total. The van der Waals surface area contributed by atoms with E-state index in [4.69, 9.17) is 11.0 Å². The molecule has 0 atom stereocenters. The molecule has 1 aromatic rings. The largest absolute Gasteiger partial charge is 0.384 e. The second kappa shape index (κ2) is 5.00. The summed E-state index contributed by atoms with van der Waals surface area (Å²) in [5.41, 5.74) is 5.78. The molecule has 1 aliphatic rings. The summed E-state index contributed by atoms with van der Waals surface area (Å²) in [7, 11) is 0. The van der Waals surface area contributed by atoms with Crippen LogP contribution in [0.3, 0.4) is 0 Å². The van der Waals surface area contributed by atoms with Crippen LogP contribution in [0.15, 0.2) is 6.07 Å². The van der Waals surface area contributed by atoms with Gasteiger partial charge in [-0.1, -0.05) is 6.92 Å². The molecule has 0 aromatic carbocycles. The van der Waals surface area contributed by atoms with Gasteiger partial charge in [-0.15, -0.1) is 0 Å². The van der Waals surface area contributed by atoms with Crippen molar-refractivity contribution in [3.05, 3.63) is 11.9 Å². The molecule has 5 nitrogen and oxygen atoms in total. The summed E-state index contributed by atoms with van der Waals surface area (Å²) in [5.74, 6) is 2.14. The third kappa shape index (κ3) is 2.84. The van der Waals surface area contributed by atoms with Crippen LogP contribution in [0.5, 0.6) is 0 Å². The number of nitrogens with two attached hydrogens (primary N) is 1. The molecule has 0 unspecified atom stereocenters. The SMILES string of the molecule is CCc1nc(N)cc(N(CCC#N)C2CC2)n1. The highest BCUT2D eigenvalue weighted by Gasteiger charge is 2.30. The van der Waals surface area contributed by atoms with E-state index in [1.165, 1.54) is 12.8 Å². The van der Waals surface area contributed by atoms with Gasteiger partial charge in [0.2, 0.25) is 0 Å². The monoisotopic (exact) mass is 231 g/mol. The fourth-order valence-electron chi connectivity index (χ4n) is 1.85. The second-order valence-electron chi connectivity index (χ2n) is 4.25. The molecule has 90 valence electrons. The lowest BCUT2D eigenvalue weighted by Crippen LogP contribution is -2.28. The van der Waals surface area contributed by atoms with E-state index in [1.54, 1.807) is 6.07 Å². The van der Waals surface area contributed by atoms with E-state index in [0.717, 1.165) is 24.6 Å². The van der Waals surface area contributed by atoms with Crippen LogP contribution in [-0.2, 0) is 6.42 Å². The highest BCUT2D eigenvalue weighted by atomic mass is 15.2. The van der Waals surface area contributed by atoms with Crippen LogP contribution >= 0.6 is 0 Å². The zero-order valence-electron chi connectivity index (χ0n) is 10.1. The number of aromatic nitrogens is 2. The zero-order valence-corrected chi connectivity index (χ0v) is 10.1. The van der Waals surface area contributed by atoms with Crippen molar-refractivity contribution in [1.29, 1.82) is 5.26 Å². The van der Waals surface area contributed by atoms with E-state index in [0.29, 0.717) is 18.3 Å². The molecule has 0 bridgehead atoms. The second-order valence-corrected chi connectivity index (χ2v) is 4.25. The van der Waals surface area contributed by atoms with Crippen molar-refractivity contribution in [2.24, 2.45) is 0 Å². The van der Waals surface area contributed by atoms with Crippen LogP contribution in [0, 0.1) is 11.3 Å². The molecule has 0 amide bonds. The molecular formula is C12H17N5. The average molecular weight is 231 g/mol. The van der Waals surface area contributed by atoms with E-state index in [2.05, 4.69) is 20.9 Å². The van der Waals surface area contributed by atoms with Crippen LogP contribution in [0.2, 0.25) is 0 Å². The summed E-state index contributed by atoms with van der Waals surface area (Å²) in [5, 5.41) is 8.69. The highest BCUT2D eigenvalue weighted by Crippen LogP contribution is 2.31. The smallest absolute Gasteiger partial charge is 0.134 e. The predicted octanol–water partition coefficient (Wildman–Crippen LogP) is 1.50. The number of hydrogen-bond acceptors (Lipinski definition) is 5. The summed E-state index contributed by atoms with van der Waals surface area (Å²) < 4.78 is 0. The normalized spacial score (nSPS) is 14.4. The first-order chi connectivity index (χ1) is 8.24. The Kier molecular flexibility index (Phi) is 3.43. The highest BCUT2D eigenvalue weighted by molar-refractivity contribution is 5.48. The van der Waals surface area contributed by atoms with Crippen LogP contribution in [0.4, 0.5) is 11.6 Å². The average Bonchev–Trinajstić information content (AvgIpc) is 3.13. The third-order valence-corrected chi connectivity index (χ3v) is 2.84. The van der Waals surface area contributed by atoms with Crippen molar-refractivity contribution in [2.75, 3.05) is 17.2 Å². The first-order valence-corrected chi connectivity index (χ1v) is 6.01. The Morgan fingerprint density at radius 3 is 2.88 bits per heavy atom. The Balaban J connectivity index is 2.22. The molecular weight excluding hydrogens is 214 g/mol. The molecule has 1 saturated carbocycles. The van der Waals surface area contributed by atoms with E-state index >= 15 is 0 Å². The fraction of sp³-hybridized carbons (Fsp3) is 0.583. The van der Waals surface area contributed by atoms with Gasteiger partial charge in [0.05, 0.1) is 12.5 Å². The van der Waals surface area contributed by atoms with Gasteiger partial charge in [0, 0.05) is 25.1 Å². The summed E-state index contributed by atoms with van der Waals surface area (Å²) in [6, 6.07) is 4.51. The molecule has 17 heavy (non-hydrogen) atoms. The summed E-state index contributed by atoms with van der Waals surface area (Å²) in [6.07, 6.45) is 3.64. The molecule has 0 saturated heterocycles. The maximum Gasteiger partial charge on any atom is 0.134 e. The standard InChI is InChI=1S/C12H17N5/c1-2-11-15-10(14)8-12(16-11)17(7-3-6-13)9-4-5-9/h8-9H,2-5,7H2,1H3,(H2,14,15,16). The summed E-state index contributed by atoms with van der Waals surface area (Å²) in [4.78, 5) is 10.8. The Morgan fingerprint density at radius 1 is 1.53 bits per heavy atom. The van der Waals surface area contributed by atoms with Gasteiger partial charge in [-0.3, -0.25) is 0 Å². The van der Waals surface area contributed by atoms with Crippen molar-refractivity contribution >= 4 is 11.6 Å². The Morgan fingerprint density at radius 2 is 2.29 bits per heavy atom. The van der Waals surface area contributed by atoms with E-state index < -0.39 is 0 Å². The molecule has 1 fully saturated rings. The van der Waals surface area contributed by atoms with Crippen LogP contribution in [0.1, 0.15) is 32.0 Å². The topological polar surface area (TPSA) is 78.8 Å². The van der Waals surface area contributed by atoms with Gasteiger partial charge < -0.3 is 10.6 Å². The number of rotatable bonds is 5. The minimum atomic E-state index is 0.509. The maximum atomic E-state index is 8.69. The number of nitriles is 1. The number of aryl methyl sites for hydroxylation is 1. The molecule has 1 aliphatic carbocycles. The molecule has 1 aromatic heterocycles. The number of hydrogen-bond donors (Lipinski definition) is 1. The third-order valence-electron chi connectivity index (χ3n) is 2.84. The van der Waals surface area contributed by atoms with Crippen molar-refractivity contribution in [1.82, 2.24) is 9.97 Å². The van der Waals surface area contributed by atoms with E-state index in [9.17, 15) is 0 Å². The summed E-state index contributed by atoms with van der Waals surface area (Å²) in [6.45, 7) is 2.73. The van der Waals surface area contributed by atoms with Gasteiger partial charge in [-0.25, -0.2) is 9.97 Å². The van der Waals surface area contributed by atoms with E-state index in [-0.39, 0.29) is 0 Å². The first-order valence-electron chi connectivity index (χ1n) is 6.01. The van der Waals surface area contributed by atoms with E-state index in [1.807, 2.05) is 6.92 Å². The van der Waals surface area contributed by atoms with Crippen molar-refractivity contribution in [3.63, 3.8) is 0 Å². The van der Waals surface area contributed by atoms with Crippen molar-refractivity contribution in [3.8, 4) is 6.07 Å². The number of anilines is 2. The molecule has 0 aliphatic heterocycles. The lowest BCUT2D eigenvalue weighted by Gasteiger charge is -2.22. The Bertz CT molecular complexity index is 433. The quantitative estimate of drug-likeness (QED) is 0.830. The molecule has 0 radical (unpaired) electrons. The molecule has 0 spiro atoms. The van der Waals surface area contributed by atoms with Gasteiger partial charge in [0.1, 0.15) is 17.5 Å². The van der Waals surface area contributed by atoms with Crippen molar-refractivity contribution < 1.29 is 0 Å². The number of nitrogens with zero attached hydrogens (tertiary/aromatic N) is 4. The lowest BCUT2D eigenvalue weighted by atomic mass is 10.3. The molecule has 1 heterocycles. The van der Waals surface area contributed by atoms with Crippen molar-refractivity contribution in [2.45, 2.75) is 38.6 Å². The van der Waals surface area contributed by atoms with Crippen LogP contribution in [0.25, 0.3) is 0 Å².